The number of carbonyl (C=O) groups excluding carboxylic acids is 1. The van der Waals surface area contributed by atoms with E-state index in [-0.39, 0.29) is 11.3 Å². The van der Waals surface area contributed by atoms with E-state index in [0.29, 0.717) is 51.5 Å². The van der Waals surface area contributed by atoms with E-state index in [4.69, 9.17) is 19.2 Å². The van der Waals surface area contributed by atoms with E-state index in [2.05, 4.69) is 21.0 Å². The van der Waals surface area contributed by atoms with Gasteiger partial charge in [0.25, 0.3) is 5.56 Å². The molecule has 5 rings (SSSR count). The molecule has 0 aliphatic heterocycles. The molecule has 1 heterocycles. The normalized spacial score (nSPS) is 11.1. The molecule has 0 aliphatic rings. The average molecular weight is 598 g/mol. The van der Waals surface area contributed by atoms with Crippen molar-refractivity contribution in [2.24, 2.45) is 5.10 Å². The number of ether oxygens (including phenoxy) is 3. The highest BCUT2D eigenvalue weighted by Gasteiger charge is 2.15. The summed E-state index contributed by atoms with van der Waals surface area (Å²) in [5.41, 5.74) is 2.00. The fraction of sp³-hybridized carbons (Fsp3) is 0.0968. The van der Waals surface area contributed by atoms with Crippen molar-refractivity contribution in [2.45, 2.75) is 6.92 Å². The molecule has 0 saturated heterocycles. The second-order valence-corrected chi connectivity index (χ2v) is 9.49. The van der Waals surface area contributed by atoms with Gasteiger partial charge in [-0.1, -0.05) is 28.1 Å². The van der Waals surface area contributed by atoms with Crippen molar-refractivity contribution in [3.05, 3.63) is 117 Å². The summed E-state index contributed by atoms with van der Waals surface area (Å²) in [5, 5.41) is 4.96. The number of esters is 1. The first-order chi connectivity index (χ1) is 19.5. The second-order valence-electron chi connectivity index (χ2n) is 8.58. The van der Waals surface area contributed by atoms with Gasteiger partial charge in [0.1, 0.15) is 5.75 Å². The number of hydrogen-bond acceptors (Lipinski definition) is 7. The van der Waals surface area contributed by atoms with Crippen LogP contribution in [0.2, 0.25) is 0 Å². The smallest absolute Gasteiger partial charge is 0.343 e. The Bertz CT molecular complexity index is 1760. The third-order valence-corrected chi connectivity index (χ3v) is 6.50. The van der Waals surface area contributed by atoms with E-state index in [1.165, 1.54) is 10.9 Å². The standard InChI is InChI=1S/C31H24BrN3O5/c1-3-39-28-18-20(8-17-27(28)40-31(37)22-9-13-23(32)14-10-22)19-33-35-29(21-11-15-24(38-2)16-12-21)34-26-7-5-4-6-25(26)30(35)36/h4-19H,3H2,1-2H3. The minimum absolute atomic E-state index is 0.273. The monoisotopic (exact) mass is 597 g/mol. The highest BCUT2D eigenvalue weighted by molar-refractivity contribution is 9.10. The molecule has 0 fully saturated rings. The molecule has 200 valence electrons. The lowest BCUT2D eigenvalue weighted by Gasteiger charge is -2.12. The Morgan fingerprint density at radius 1 is 0.975 bits per heavy atom. The van der Waals surface area contributed by atoms with Crippen LogP contribution in [0.1, 0.15) is 22.8 Å². The van der Waals surface area contributed by atoms with E-state index in [9.17, 15) is 9.59 Å². The van der Waals surface area contributed by atoms with Crippen LogP contribution in [0.3, 0.4) is 0 Å². The zero-order valence-electron chi connectivity index (χ0n) is 21.7. The summed E-state index contributed by atoms with van der Waals surface area (Å²) in [6.45, 7) is 2.20. The van der Waals surface area contributed by atoms with Crippen molar-refractivity contribution < 1.29 is 19.0 Å². The fourth-order valence-corrected chi connectivity index (χ4v) is 4.25. The van der Waals surface area contributed by atoms with Gasteiger partial charge in [-0.25, -0.2) is 9.78 Å². The number of methoxy groups -OCH3 is 1. The van der Waals surface area contributed by atoms with Crippen LogP contribution >= 0.6 is 15.9 Å². The molecule has 0 unspecified atom stereocenters. The minimum atomic E-state index is -0.507. The summed E-state index contributed by atoms with van der Waals surface area (Å²) in [6, 6.07) is 26.3. The van der Waals surface area contributed by atoms with Crippen molar-refractivity contribution in [3.63, 3.8) is 0 Å². The van der Waals surface area contributed by atoms with E-state index in [1.807, 2.05) is 25.1 Å². The first kappa shape index (κ1) is 26.8. The highest BCUT2D eigenvalue weighted by Crippen LogP contribution is 2.29. The number of aromatic nitrogens is 2. The van der Waals surface area contributed by atoms with E-state index < -0.39 is 5.97 Å². The number of halogens is 1. The molecule has 8 nitrogen and oxygen atoms in total. The summed E-state index contributed by atoms with van der Waals surface area (Å²) >= 11 is 3.36. The Hall–Kier alpha value is -4.76. The first-order valence-electron chi connectivity index (χ1n) is 12.4. The van der Waals surface area contributed by atoms with Gasteiger partial charge in [-0.2, -0.15) is 9.78 Å². The maximum atomic E-state index is 13.5. The zero-order chi connectivity index (χ0) is 28.1. The molecule has 4 aromatic carbocycles. The SMILES string of the molecule is CCOc1cc(C=Nn2c(-c3ccc(OC)cc3)nc3ccccc3c2=O)ccc1OC(=O)c1ccc(Br)cc1. The Balaban J connectivity index is 1.51. The van der Waals surface area contributed by atoms with Crippen LogP contribution in [0.4, 0.5) is 0 Å². The molecular weight excluding hydrogens is 574 g/mol. The highest BCUT2D eigenvalue weighted by atomic mass is 79.9. The summed E-state index contributed by atoms with van der Waals surface area (Å²) in [7, 11) is 1.59. The van der Waals surface area contributed by atoms with E-state index in [1.54, 1.807) is 79.9 Å². The molecule has 0 bridgehead atoms. The maximum Gasteiger partial charge on any atom is 0.343 e. The molecule has 0 atom stereocenters. The predicted molar refractivity (Wildman–Crippen MR) is 158 cm³/mol. The van der Waals surface area contributed by atoms with Crippen LogP contribution in [-0.4, -0.2) is 35.6 Å². The molecule has 0 N–H and O–H groups in total. The number of hydrogen-bond donors (Lipinski definition) is 0. The van der Waals surface area contributed by atoms with Crippen LogP contribution in [0, 0.1) is 0 Å². The summed E-state index contributed by atoms with van der Waals surface area (Å²) in [5.74, 6) is 1.21. The van der Waals surface area contributed by atoms with Crippen molar-refractivity contribution >= 4 is 39.0 Å². The minimum Gasteiger partial charge on any atom is -0.497 e. The van der Waals surface area contributed by atoms with Crippen LogP contribution in [0.25, 0.3) is 22.3 Å². The van der Waals surface area contributed by atoms with Gasteiger partial charge < -0.3 is 14.2 Å². The van der Waals surface area contributed by atoms with Gasteiger partial charge in [0.05, 0.1) is 36.4 Å². The fourth-order valence-electron chi connectivity index (χ4n) is 3.98. The first-order valence-corrected chi connectivity index (χ1v) is 13.2. The van der Waals surface area contributed by atoms with Crippen LogP contribution < -0.4 is 19.8 Å². The third kappa shape index (κ3) is 5.79. The molecular formula is C31H24BrN3O5. The van der Waals surface area contributed by atoms with Gasteiger partial charge in [0.2, 0.25) is 0 Å². The molecule has 0 aliphatic carbocycles. The third-order valence-electron chi connectivity index (χ3n) is 5.97. The molecule has 0 spiro atoms. The summed E-state index contributed by atoms with van der Waals surface area (Å²) < 4.78 is 18.7. The Morgan fingerprint density at radius 2 is 1.73 bits per heavy atom. The van der Waals surface area contributed by atoms with Gasteiger partial charge in [-0.15, -0.1) is 0 Å². The van der Waals surface area contributed by atoms with E-state index >= 15 is 0 Å². The lowest BCUT2D eigenvalue weighted by molar-refractivity contribution is 0.0728. The van der Waals surface area contributed by atoms with Crippen molar-refractivity contribution in [1.29, 1.82) is 0 Å². The van der Waals surface area contributed by atoms with Gasteiger partial charge in [0.15, 0.2) is 17.3 Å². The number of rotatable bonds is 8. The Kier molecular flexibility index (Phi) is 8.02. The number of carbonyl (C=O) groups is 1. The number of nitrogens with zero attached hydrogens (tertiary/aromatic N) is 3. The van der Waals surface area contributed by atoms with E-state index in [0.717, 1.165) is 4.47 Å². The molecule has 0 radical (unpaired) electrons. The second kappa shape index (κ2) is 12.0. The van der Waals surface area contributed by atoms with Gasteiger partial charge >= 0.3 is 5.97 Å². The lowest BCUT2D eigenvalue weighted by atomic mass is 10.2. The molecule has 5 aromatic rings. The quantitative estimate of drug-likeness (QED) is 0.118. The van der Waals surface area contributed by atoms with Crippen molar-refractivity contribution in [3.8, 4) is 28.6 Å². The van der Waals surface area contributed by atoms with Crippen molar-refractivity contribution in [2.75, 3.05) is 13.7 Å². The maximum absolute atomic E-state index is 13.5. The predicted octanol–water partition coefficient (Wildman–Crippen LogP) is 6.33. The zero-order valence-corrected chi connectivity index (χ0v) is 23.3. The topological polar surface area (TPSA) is 92.0 Å². The molecule has 0 amide bonds. The Labute approximate surface area is 238 Å². The van der Waals surface area contributed by atoms with Gasteiger partial charge in [-0.05, 0) is 91.3 Å². The van der Waals surface area contributed by atoms with Gasteiger partial charge in [0, 0.05) is 10.0 Å². The number of para-hydroxylation sites is 1. The van der Waals surface area contributed by atoms with Gasteiger partial charge in [-0.3, -0.25) is 4.79 Å². The summed E-state index contributed by atoms with van der Waals surface area (Å²) in [6.07, 6.45) is 1.54. The number of fused-ring (bicyclic) bond motifs is 1. The van der Waals surface area contributed by atoms with Crippen molar-refractivity contribution in [1.82, 2.24) is 9.66 Å². The molecule has 9 heteroatoms. The summed E-state index contributed by atoms with van der Waals surface area (Å²) in [4.78, 5) is 30.9. The molecule has 1 aromatic heterocycles. The lowest BCUT2D eigenvalue weighted by Crippen LogP contribution is -2.20. The molecule has 40 heavy (non-hydrogen) atoms. The largest absolute Gasteiger partial charge is 0.497 e. The van der Waals surface area contributed by atoms with Crippen LogP contribution in [0.15, 0.2) is 105 Å². The molecule has 0 saturated carbocycles. The number of benzene rings is 4. The Morgan fingerprint density at radius 3 is 2.45 bits per heavy atom. The van der Waals surface area contributed by atoms with Crippen LogP contribution in [0.5, 0.6) is 17.2 Å². The average Bonchev–Trinajstić information content (AvgIpc) is 2.98. The van der Waals surface area contributed by atoms with Crippen LogP contribution in [-0.2, 0) is 0 Å².